The highest BCUT2D eigenvalue weighted by Gasteiger charge is 2.44. The Hall–Kier alpha value is -0.890. The van der Waals surface area contributed by atoms with Gasteiger partial charge in [0.15, 0.2) is 0 Å². The van der Waals surface area contributed by atoms with Crippen LogP contribution in [0, 0.1) is 5.82 Å². The van der Waals surface area contributed by atoms with E-state index in [1.54, 1.807) is 12.1 Å². The van der Waals surface area contributed by atoms with Gasteiger partial charge in [0.05, 0.1) is 0 Å². The van der Waals surface area contributed by atoms with Crippen molar-refractivity contribution >= 4 is 0 Å². The molecule has 1 nitrogen and oxygen atoms in total. The van der Waals surface area contributed by atoms with Crippen LogP contribution in [0.4, 0.5) is 4.39 Å². The first kappa shape index (κ1) is 10.6. The number of nitrogens with two attached hydrogens (primary N) is 1. The molecule has 0 spiro atoms. The molecule has 15 heavy (non-hydrogen) atoms. The van der Waals surface area contributed by atoms with Crippen LogP contribution in [0.25, 0.3) is 0 Å². The van der Waals surface area contributed by atoms with Crippen molar-refractivity contribution in [3.8, 4) is 0 Å². The molecule has 1 aliphatic rings. The summed E-state index contributed by atoms with van der Waals surface area (Å²) in [7, 11) is 0. The lowest BCUT2D eigenvalue weighted by Crippen LogP contribution is -2.21. The van der Waals surface area contributed by atoms with E-state index in [-0.39, 0.29) is 11.2 Å². The summed E-state index contributed by atoms with van der Waals surface area (Å²) in [4.78, 5) is 0. The maximum absolute atomic E-state index is 13.3. The molecule has 1 aliphatic carbocycles. The molecular formula is C13H18FN. The molecule has 1 aromatic carbocycles. The average molecular weight is 207 g/mol. The summed E-state index contributed by atoms with van der Waals surface area (Å²) in [6, 6.07) is 5.13. The Balaban J connectivity index is 2.48. The fraction of sp³-hybridized carbons (Fsp3) is 0.538. The van der Waals surface area contributed by atoms with Crippen molar-refractivity contribution in [1.29, 1.82) is 0 Å². The fourth-order valence-corrected chi connectivity index (χ4v) is 2.23. The minimum absolute atomic E-state index is 0.0850. The molecule has 0 aromatic heterocycles. The van der Waals surface area contributed by atoms with Crippen molar-refractivity contribution in [2.24, 2.45) is 5.73 Å². The molecule has 0 atom stereocenters. The van der Waals surface area contributed by atoms with Crippen LogP contribution >= 0.6 is 0 Å². The van der Waals surface area contributed by atoms with Crippen molar-refractivity contribution in [1.82, 2.24) is 0 Å². The second-order valence-electron chi connectivity index (χ2n) is 4.87. The van der Waals surface area contributed by atoms with Gasteiger partial charge in [0.2, 0.25) is 0 Å². The van der Waals surface area contributed by atoms with Crippen molar-refractivity contribution in [2.75, 3.05) is 6.54 Å². The van der Waals surface area contributed by atoms with Gasteiger partial charge in [-0.05, 0) is 42.0 Å². The lowest BCUT2D eigenvalue weighted by atomic mass is 9.86. The molecule has 0 amide bonds. The van der Waals surface area contributed by atoms with Gasteiger partial charge in [-0.3, -0.25) is 0 Å². The molecule has 82 valence electrons. The third kappa shape index (κ3) is 1.78. The summed E-state index contributed by atoms with van der Waals surface area (Å²) in [6.45, 7) is 4.92. The zero-order chi connectivity index (χ0) is 11.1. The van der Waals surface area contributed by atoms with Crippen LogP contribution in [0.15, 0.2) is 18.2 Å². The first-order valence-electron chi connectivity index (χ1n) is 5.59. The molecule has 2 rings (SSSR count). The van der Waals surface area contributed by atoms with Crippen LogP contribution in [-0.2, 0) is 5.41 Å². The third-order valence-corrected chi connectivity index (χ3v) is 3.45. The van der Waals surface area contributed by atoms with E-state index in [9.17, 15) is 4.39 Å². The zero-order valence-electron chi connectivity index (χ0n) is 9.39. The van der Waals surface area contributed by atoms with Crippen LogP contribution in [0.5, 0.6) is 0 Å². The molecular weight excluding hydrogens is 189 g/mol. The number of halogens is 1. The molecule has 1 saturated carbocycles. The molecule has 0 bridgehead atoms. The average Bonchev–Trinajstić information content (AvgIpc) is 2.97. The summed E-state index contributed by atoms with van der Waals surface area (Å²) in [6.07, 6.45) is 2.21. The summed E-state index contributed by atoms with van der Waals surface area (Å²) in [5.41, 5.74) is 8.27. The van der Waals surface area contributed by atoms with Gasteiger partial charge in [-0.15, -0.1) is 0 Å². The Labute approximate surface area is 90.5 Å². The monoisotopic (exact) mass is 207 g/mol. The van der Waals surface area contributed by atoms with E-state index in [2.05, 4.69) is 13.8 Å². The van der Waals surface area contributed by atoms with E-state index in [1.165, 1.54) is 5.56 Å². The number of hydrogen-bond acceptors (Lipinski definition) is 1. The fourth-order valence-electron chi connectivity index (χ4n) is 2.23. The highest BCUT2D eigenvalue weighted by molar-refractivity contribution is 5.41. The number of hydrogen-bond donors (Lipinski definition) is 1. The zero-order valence-corrected chi connectivity index (χ0v) is 9.39. The lowest BCUT2D eigenvalue weighted by molar-refractivity contribution is 0.610. The summed E-state index contributed by atoms with van der Waals surface area (Å²) < 4.78 is 13.3. The topological polar surface area (TPSA) is 26.0 Å². The van der Waals surface area contributed by atoms with Gasteiger partial charge in [0, 0.05) is 12.0 Å². The van der Waals surface area contributed by atoms with E-state index in [4.69, 9.17) is 5.73 Å². The predicted molar refractivity (Wildman–Crippen MR) is 60.5 cm³/mol. The van der Waals surface area contributed by atoms with Gasteiger partial charge in [-0.2, -0.15) is 0 Å². The van der Waals surface area contributed by atoms with Gasteiger partial charge >= 0.3 is 0 Å². The van der Waals surface area contributed by atoms with Gasteiger partial charge in [-0.25, -0.2) is 4.39 Å². The van der Waals surface area contributed by atoms with E-state index in [0.717, 1.165) is 18.4 Å². The number of rotatable bonds is 3. The summed E-state index contributed by atoms with van der Waals surface area (Å²) >= 11 is 0. The maximum atomic E-state index is 13.3. The van der Waals surface area contributed by atoms with Crippen molar-refractivity contribution < 1.29 is 4.39 Å². The largest absolute Gasteiger partial charge is 0.330 e. The molecule has 0 saturated heterocycles. The Morgan fingerprint density at radius 2 is 2.07 bits per heavy atom. The van der Waals surface area contributed by atoms with Crippen LogP contribution in [-0.4, -0.2) is 6.54 Å². The Kier molecular flexibility index (Phi) is 2.55. The number of benzene rings is 1. The molecule has 0 unspecified atom stereocenters. The Bertz CT molecular complexity index is 367. The van der Waals surface area contributed by atoms with Crippen LogP contribution in [0.3, 0.4) is 0 Å². The molecule has 2 heteroatoms. The van der Waals surface area contributed by atoms with Crippen LogP contribution in [0.2, 0.25) is 0 Å². The first-order valence-corrected chi connectivity index (χ1v) is 5.59. The van der Waals surface area contributed by atoms with Gasteiger partial charge in [0.25, 0.3) is 0 Å². The highest BCUT2D eigenvalue weighted by Crippen LogP contribution is 2.49. The minimum atomic E-state index is -0.144. The highest BCUT2D eigenvalue weighted by atomic mass is 19.1. The quantitative estimate of drug-likeness (QED) is 0.810. The lowest BCUT2D eigenvalue weighted by Gasteiger charge is -2.20. The third-order valence-electron chi connectivity index (χ3n) is 3.45. The molecule has 0 aliphatic heterocycles. The van der Waals surface area contributed by atoms with E-state index in [1.807, 2.05) is 6.07 Å². The predicted octanol–water partition coefficient (Wildman–Crippen LogP) is 2.94. The molecule has 0 radical (unpaired) electrons. The van der Waals surface area contributed by atoms with Crippen molar-refractivity contribution in [3.05, 3.63) is 35.1 Å². The van der Waals surface area contributed by atoms with E-state index >= 15 is 0 Å². The van der Waals surface area contributed by atoms with E-state index < -0.39 is 0 Å². The first-order chi connectivity index (χ1) is 7.09. The molecule has 1 fully saturated rings. The molecule has 2 N–H and O–H groups in total. The minimum Gasteiger partial charge on any atom is -0.330 e. The van der Waals surface area contributed by atoms with Crippen molar-refractivity contribution in [2.45, 2.75) is 38.0 Å². The maximum Gasteiger partial charge on any atom is 0.123 e. The Morgan fingerprint density at radius 3 is 2.53 bits per heavy atom. The molecule has 0 heterocycles. The van der Waals surface area contributed by atoms with Crippen molar-refractivity contribution in [3.63, 3.8) is 0 Å². The SMILES string of the molecule is CC(C)c1ccc(F)cc1C1(CN)CC1. The van der Waals surface area contributed by atoms with Gasteiger partial charge in [0.1, 0.15) is 5.82 Å². The van der Waals surface area contributed by atoms with E-state index in [0.29, 0.717) is 12.5 Å². The second-order valence-corrected chi connectivity index (χ2v) is 4.87. The normalized spacial score (nSPS) is 18.2. The van der Waals surface area contributed by atoms with Gasteiger partial charge < -0.3 is 5.73 Å². The summed E-state index contributed by atoms with van der Waals surface area (Å²) in [5.74, 6) is 0.291. The van der Waals surface area contributed by atoms with Crippen LogP contribution < -0.4 is 5.73 Å². The van der Waals surface area contributed by atoms with Crippen LogP contribution in [0.1, 0.15) is 43.7 Å². The Morgan fingerprint density at radius 1 is 1.40 bits per heavy atom. The second kappa shape index (κ2) is 3.60. The smallest absolute Gasteiger partial charge is 0.123 e. The summed E-state index contributed by atoms with van der Waals surface area (Å²) in [5, 5.41) is 0. The van der Waals surface area contributed by atoms with Gasteiger partial charge in [-0.1, -0.05) is 19.9 Å². The molecule has 1 aromatic rings. The standard InChI is InChI=1S/C13H18FN/c1-9(2)11-4-3-10(14)7-12(11)13(8-15)5-6-13/h3-4,7,9H,5-6,8,15H2,1-2H3.